The SMILES string of the molecule is CCCC(O)c1noc(C2Cc3ccccc3C2)n1. The van der Waals surface area contributed by atoms with Crippen LogP contribution in [0.15, 0.2) is 28.8 Å². The molecular formula is C15H18N2O2. The maximum Gasteiger partial charge on any atom is 0.230 e. The molecule has 0 fully saturated rings. The van der Waals surface area contributed by atoms with Crippen molar-refractivity contribution in [2.45, 2.75) is 44.6 Å². The van der Waals surface area contributed by atoms with Gasteiger partial charge in [0.05, 0.1) is 0 Å². The molecule has 100 valence electrons. The maximum absolute atomic E-state index is 9.87. The maximum atomic E-state index is 9.87. The molecule has 0 radical (unpaired) electrons. The summed E-state index contributed by atoms with van der Waals surface area (Å²) < 4.78 is 5.33. The molecule has 3 rings (SSSR count). The number of nitrogens with zero attached hydrogens (tertiary/aromatic N) is 2. The average molecular weight is 258 g/mol. The van der Waals surface area contributed by atoms with E-state index in [1.165, 1.54) is 11.1 Å². The van der Waals surface area contributed by atoms with Crippen LogP contribution in [0.25, 0.3) is 0 Å². The molecule has 0 bridgehead atoms. The predicted octanol–water partition coefficient (Wildman–Crippen LogP) is 2.79. The van der Waals surface area contributed by atoms with E-state index in [1.54, 1.807) is 0 Å². The van der Waals surface area contributed by atoms with Crippen LogP contribution in [0.4, 0.5) is 0 Å². The number of hydrogen-bond donors (Lipinski definition) is 1. The highest BCUT2D eigenvalue weighted by atomic mass is 16.5. The molecule has 2 aromatic rings. The molecule has 1 atom stereocenters. The summed E-state index contributed by atoms with van der Waals surface area (Å²) in [7, 11) is 0. The van der Waals surface area contributed by atoms with Crippen molar-refractivity contribution in [2.24, 2.45) is 0 Å². The number of aliphatic hydroxyl groups excluding tert-OH is 1. The monoisotopic (exact) mass is 258 g/mol. The second kappa shape index (κ2) is 5.13. The summed E-state index contributed by atoms with van der Waals surface area (Å²) in [6.07, 6.45) is 2.86. The second-order valence-electron chi connectivity index (χ2n) is 5.17. The Morgan fingerprint density at radius 2 is 2.00 bits per heavy atom. The molecule has 1 heterocycles. The van der Waals surface area contributed by atoms with Gasteiger partial charge in [-0.3, -0.25) is 0 Å². The predicted molar refractivity (Wildman–Crippen MR) is 70.8 cm³/mol. The van der Waals surface area contributed by atoms with Crippen molar-refractivity contribution in [3.8, 4) is 0 Å². The fourth-order valence-electron chi connectivity index (χ4n) is 2.68. The van der Waals surface area contributed by atoms with E-state index in [1.807, 2.05) is 6.92 Å². The summed E-state index contributed by atoms with van der Waals surface area (Å²) in [6, 6.07) is 8.42. The number of aromatic nitrogens is 2. The Morgan fingerprint density at radius 3 is 2.63 bits per heavy atom. The minimum absolute atomic E-state index is 0.257. The van der Waals surface area contributed by atoms with Crippen molar-refractivity contribution >= 4 is 0 Å². The summed E-state index contributed by atoms with van der Waals surface area (Å²) >= 11 is 0. The van der Waals surface area contributed by atoms with Gasteiger partial charge < -0.3 is 9.63 Å². The highest BCUT2D eigenvalue weighted by Crippen LogP contribution is 2.33. The summed E-state index contributed by atoms with van der Waals surface area (Å²) in [6.45, 7) is 2.03. The van der Waals surface area contributed by atoms with Crippen LogP contribution in [0, 0.1) is 0 Å². The standard InChI is InChI=1S/C15H18N2O2/c1-2-5-13(18)14-16-15(19-17-14)12-8-10-6-3-4-7-11(10)9-12/h3-4,6-7,12-13,18H,2,5,8-9H2,1H3. The van der Waals surface area contributed by atoms with Crippen LogP contribution in [0.3, 0.4) is 0 Å². The molecule has 1 unspecified atom stereocenters. The van der Waals surface area contributed by atoms with Gasteiger partial charge in [0.25, 0.3) is 0 Å². The van der Waals surface area contributed by atoms with E-state index in [9.17, 15) is 5.11 Å². The number of hydrogen-bond acceptors (Lipinski definition) is 4. The van der Waals surface area contributed by atoms with Gasteiger partial charge in [-0.15, -0.1) is 0 Å². The number of fused-ring (bicyclic) bond motifs is 1. The topological polar surface area (TPSA) is 59.2 Å². The Bertz CT molecular complexity index is 540. The van der Waals surface area contributed by atoms with Gasteiger partial charge >= 0.3 is 0 Å². The molecule has 1 aromatic carbocycles. The van der Waals surface area contributed by atoms with Crippen LogP contribution in [-0.2, 0) is 12.8 Å². The highest BCUT2D eigenvalue weighted by molar-refractivity contribution is 5.34. The molecule has 19 heavy (non-hydrogen) atoms. The average Bonchev–Trinajstić information content (AvgIpc) is 3.05. The van der Waals surface area contributed by atoms with Crippen molar-refractivity contribution in [1.29, 1.82) is 0 Å². The molecule has 4 heteroatoms. The molecule has 1 aromatic heterocycles. The van der Waals surface area contributed by atoms with E-state index in [-0.39, 0.29) is 5.92 Å². The minimum Gasteiger partial charge on any atom is -0.385 e. The Labute approximate surface area is 112 Å². The van der Waals surface area contributed by atoms with Crippen molar-refractivity contribution in [3.05, 3.63) is 47.1 Å². The van der Waals surface area contributed by atoms with Crippen molar-refractivity contribution < 1.29 is 9.63 Å². The molecule has 0 saturated carbocycles. The summed E-state index contributed by atoms with van der Waals surface area (Å²) in [5, 5.41) is 13.8. The largest absolute Gasteiger partial charge is 0.385 e. The third kappa shape index (κ3) is 2.40. The van der Waals surface area contributed by atoms with Crippen molar-refractivity contribution in [1.82, 2.24) is 10.1 Å². The zero-order valence-electron chi connectivity index (χ0n) is 11.0. The molecule has 1 aliphatic carbocycles. The quantitative estimate of drug-likeness (QED) is 0.916. The van der Waals surface area contributed by atoms with Crippen LogP contribution in [0.5, 0.6) is 0 Å². The minimum atomic E-state index is -0.605. The van der Waals surface area contributed by atoms with E-state index >= 15 is 0 Å². The highest BCUT2D eigenvalue weighted by Gasteiger charge is 2.28. The first-order valence-electron chi connectivity index (χ1n) is 6.86. The van der Waals surface area contributed by atoms with Gasteiger partial charge in [0.2, 0.25) is 5.89 Å². The molecule has 1 aliphatic rings. The zero-order valence-corrected chi connectivity index (χ0v) is 11.0. The molecule has 0 spiro atoms. The molecule has 0 saturated heterocycles. The van der Waals surface area contributed by atoms with Crippen molar-refractivity contribution in [2.75, 3.05) is 0 Å². The van der Waals surface area contributed by atoms with Crippen LogP contribution in [-0.4, -0.2) is 15.2 Å². The lowest BCUT2D eigenvalue weighted by molar-refractivity contribution is 0.152. The van der Waals surface area contributed by atoms with Gasteiger partial charge in [0.1, 0.15) is 6.10 Å². The number of aliphatic hydroxyl groups is 1. The molecule has 0 amide bonds. The van der Waals surface area contributed by atoms with Crippen molar-refractivity contribution in [3.63, 3.8) is 0 Å². The second-order valence-corrected chi connectivity index (χ2v) is 5.17. The first-order valence-corrected chi connectivity index (χ1v) is 6.86. The van der Waals surface area contributed by atoms with Gasteiger partial charge in [-0.25, -0.2) is 0 Å². The van der Waals surface area contributed by atoms with Crippen LogP contribution in [0.1, 0.15) is 54.6 Å². The lowest BCUT2D eigenvalue weighted by Gasteiger charge is -2.02. The summed E-state index contributed by atoms with van der Waals surface area (Å²) in [5.74, 6) is 1.33. The molecular weight excluding hydrogens is 240 g/mol. The van der Waals surface area contributed by atoms with Crippen LogP contribution < -0.4 is 0 Å². The van der Waals surface area contributed by atoms with E-state index in [0.717, 1.165) is 19.3 Å². The van der Waals surface area contributed by atoms with Gasteiger partial charge in [-0.05, 0) is 30.4 Å². The summed E-state index contributed by atoms with van der Waals surface area (Å²) in [4.78, 5) is 4.37. The number of benzene rings is 1. The third-order valence-electron chi connectivity index (χ3n) is 3.72. The lowest BCUT2D eigenvalue weighted by atomic mass is 10.1. The van der Waals surface area contributed by atoms with Gasteiger partial charge in [-0.2, -0.15) is 4.98 Å². The normalized spacial score (nSPS) is 16.5. The third-order valence-corrected chi connectivity index (χ3v) is 3.72. The Hall–Kier alpha value is -1.68. The molecule has 1 N–H and O–H groups in total. The fraction of sp³-hybridized carbons (Fsp3) is 0.467. The van der Waals surface area contributed by atoms with Crippen LogP contribution in [0.2, 0.25) is 0 Å². The van der Waals surface area contributed by atoms with E-state index in [4.69, 9.17) is 4.52 Å². The zero-order chi connectivity index (χ0) is 13.2. The molecule has 0 aliphatic heterocycles. The first-order chi connectivity index (χ1) is 9.28. The Kier molecular flexibility index (Phi) is 3.34. The van der Waals surface area contributed by atoms with Gasteiger partial charge in [0.15, 0.2) is 5.82 Å². The Balaban J connectivity index is 1.75. The first kappa shape index (κ1) is 12.4. The van der Waals surface area contributed by atoms with E-state index < -0.39 is 6.10 Å². The fourth-order valence-corrected chi connectivity index (χ4v) is 2.68. The van der Waals surface area contributed by atoms with E-state index in [2.05, 4.69) is 34.4 Å². The molecule has 4 nitrogen and oxygen atoms in total. The summed E-state index contributed by atoms with van der Waals surface area (Å²) in [5.41, 5.74) is 2.72. The lowest BCUT2D eigenvalue weighted by Crippen LogP contribution is -2.02. The van der Waals surface area contributed by atoms with E-state index in [0.29, 0.717) is 18.1 Å². The van der Waals surface area contributed by atoms with Crippen LogP contribution >= 0.6 is 0 Å². The smallest absolute Gasteiger partial charge is 0.230 e. The van der Waals surface area contributed by atoms with Gasteiger partial charge in [0, 0.05) is 5.92 Å². The number of rotatable bonds is 4. The van der Waals surface area contributed by atoms with Gasteiger partial charge in [-0.1, -0.05) is 42.8 Å². The Morgan fingerprint density at radius 1 is 1.32 bits per heavy atom.